The highest BCUT2D eigenvalue weighted by Gasteiger charge is 2.14. The van der Waals surface area contributed by atoms with E-state index >= 15 is 0 Å². The van der Waals surface area contributed by atoms with E-state index in [4.69, 9.17) is 10.8 Å². The van der Waals surface area contributed by atoms with Crippen LogP contribution in [0.1, 0.15) is 13.8 Å². The van der Waals surface area contributed by atoms with E-state index in [9.17, 15) is 9.59 Å². The van der Waals surface area contributed by atoms with E-state index in [2.05, 4.69) is 9.47 Å². The Morgan fingerprint density at radius 1 is 1.31 bits per heavy atom. The molecule has 0 amide bonds. The fourth-order valence-corrected chi connectivity index (χ4v) is 0.477. The third-order valence-corrected chi connectivity index (χ3v) is 1.54. The van der Waals surface area contributed by atoms with E-state index in [-0.39, 0.29) is 5.92 Å². The second-order valence-electron chi connectivity index (χ2n) is 3.17. The Kier molecular flexibility index (Phi) is 10.5. The molecule has 0 aromatic rings. The molecule has 0 heterocycles. The SMILES string of the molecule is CC(C)[C@H](N)C(=O)O.CO/C=C/C(=O)OC. The van der Waals surface area contributed by atoms with Gasteiger partial charge < -0.3 is 20.3 Å². The third-order valence-electron chi connectivity index (χ3n) is 1.54. The van der Waals surface area contributed by atoms with Crippen LogP contribution in [-0.4, -0.2) is 37.3 Å². The molecule has 94 valence electrons. The van der Waals surface area contributed by atoms with Gasteiger partial charge in [0.05, 0.1) is 26.6 Å². The molecule has 6 heteroatoms. The summed E-state index contributed by atoms with van der Waals surface area (Å²) in [7, 11) is 2.77. The van der Waals surface area contributed by atoms with Gasteiger partial charge in [-0.1, -0.05) is 13.8 Å². The van der Waals surface area contributed by atoms with Crippen LogP contribution in [-0.2, 0) is 19.1 Å². The summed E-state index contributed by atoms with van der Waals surface area (Å²) in [6.45, 7) is 3.55. The van der Waals surface area contributed by atoms with E-state index in [1.54, 1.807) is 13.8 Å². The van der Waals surface area contributed by atoms with Crippen LogP contribution in [0.2, 0.25) is 0 Å². The highest BCUT2D eigenvalue weighted by molar-refractivity contribution is 5.81. The molecule has 0 aliphatic rings. The van der Waals surface area contributed by atoms with Crippen LogP contribution < -0.4 is 5.73 Å². The fourth-order valence-electron chi connectivity index (χ4n) is 0.477. The lowest BCUT2D eigenvalue weighted by Gasteiger charge is -2.07. The lowest BCUT2D eigenvalue weighted by molar-refractivity contribution is -0.139. The number of hydrogen-bond acceptors (Lipinski definition) is 5. The lowest BCUT2D eigenvalue weighted by Crippen LogP contribution is -2.34. The van der Waals surface area contributed by atoms with Crippen LogP contribution in [0.4, 0.5) is 0 Å². The number of carboxylic acid groups (broad SMARTS) is 1. The minimum atomic E-state index is -0.931. The molecule has 0 saturated carbocycles. The molecule has 0 radical (unpaired) electrons. The summed E-state index contributed by atoms with van der Waals surface area (Å²) >= 11 is 0. The van der Waals surface area contributed by atoms with E-state index in [1.165, 1.54) is 26.6 Å². The minimum Gasteiger partial charge on any atom is -0.504 e. The number of aliphatic carboxylic acids is 1. The molecular formula is C10H19NO5. The Morgan fingerprint density at radius 2 is 1.81 bits per heavy atom. The van der Waals surface area contributed by atoms with Crippen LogP contribution >= 0.6 is 0 Å². The molecule has 0 spiro atoms. The zero-order valence-electron chi connectivity index (χ0n) is 9.97. The largest absolute Gasteiger partial charge is 0.504 e. The van der Waals surface area contributed by atoms with Crippen molar-refractivity contribution in [2.24, 2.45) is 11.7 Å². The number of methoxy groups -OCH3 is 2. The molecule has 0 aromatic carbocycles. The van der Waals surface area contributed by atoms with Gasteiger partial charge in [0.1, 0.15) is 6.04 Å². The molecule has 0 saturated heterocycles. The predicted molar refractivity (Wildman–Crippen MR) is 58.6 cm³/mol. The van der Waals surface area contributed by atoms with Gasteiger partial charge in [-0.15, -0.1) is 0 Å². The maximum absolute atomic E-state index is 10.2. The van der Waals surface area contributed by atoms with E-state index in [0.29, 0.717) is 0 Å². The van der Waals surface area contributed by atoms with Crippen LogP contribution in [0.15, 0.2) is 12.3 Å². The van der Waals surface area contributed by atoms with E-state index in [1.807, 2.05) is 0 Å². The second kappa shape index (κ2) is 9.97. The topological polar surface area (TPSA) is 98.9 Å². The van der Waals surface area contributed by atoms with Crippen molar-refractivity contribution in [2.45, 2.75) is 19.9 Å². The smallest absolute Gasteiger partial charge is 0.333 e. The number of nitrogens with two attached hydrogens (primary N) is 1. The molecule has 0 aliphatic heterocycles. The van der Waals surface area contributed by atoms with Gasteiger partial charge in [0.25, 0.3) is 0 Å². The normalized spacial score (nSPS) is 11.6. The molecule has 0 bridgehead atoms. The van der Waals surface area contributed by atoms with Crippen molar-refractivity contribution in [1.29, 1.82) is 0 Å². The number of esters is 1. The molecule has 0 aromatic heterocycles. The number of hydrogen-bond donors (Lipinski definition) is 2. The van der Waals surface area contributed by atoms with Crippen molar-refractivity contribution >= 4 is 11.9 Å². The first-order valence-corrected chi connectivity index (χ1v) is 4.62. The monoisotopic (exact) mass is 233 g/mol. The molecule has 1 atom stereocenters. The van der Waals surface area contributed by atoms with Crippen molar-refractivity contribution in [3.8, 4) is 0 Å². The summed E-state index contributed by atoms with van der Waals surface area (Å²) in [5.74, 6) is -1.32. The summed E-state index contributed by atoms with van der Waals surface area (Å²) in [6, 6.07) is -0.713. The van der Waals surface area contributed by atoms with Crippen molar-refractivity contribution in [2.75, 3.05) is 14.2 Å². The average molecular weight is 233 g/mol. The number of rotatable bonds is 4. The Balaban J connectivity index is 0. The first-order valence-electron chi connectivity index (χ1n) is 4.62. The van der Waals surface area contributed by atoms with Gasteiger partial charge in [0.2, 0.25) is 0 Å². The van der Waals surface area contributed by atoms with Crippen LogP contribution in [0.25, 0.3) is 0 Å². The summed E-state index contributed by atoms with van der Waals surface area (Å²) < 4.78 is 8.68. The first kappa shape index (κ1) is 16.9. The van der Waals surface area contributed by atoms with Gasteiger partial charge in [-0.25, -0.2) is 4.79 Å². The van der Waals surface area contributed by atoms with Gasteiger partial charge in [0.15, 0.2) is 0 Å². The Labute approximate surface area is 95.0 Å². The number of ether oxygens (including phenoxy) is 2. The molecule has 3 N–H and O–H groups in total. The van der Waals surface area contributed by atoms with Gasteiger partial charge in [0, 0.05) is 0 Å². The quantitative estimate of drug-likeness (QED) is 0.413. The molecule has 0 rings (SSSR count). The Bertz CT molecular complexity index is 237. The highest BCUT2D eigenvalue weighted by Crippen LogP contribution is 1.96. The van der Waals surface area contributed by atoms with Crippen molar-refractivity contribution in [1.82, 2.24) is 0 Å². The van der Waals surface area contributed by atoms with E-state index < -0.39 is 18.0 Å². The minimum absolute atomic E-state index is 0.0208. The van der Waals surface area contributed by atoms with Gasteiger partial charge in [-0.2, -0.15) is 0 Å². The standard InChI is InChI=1S/C5H11NO2.C5H8O3/c1-3(2)4(6)5(7)8;1-7-4-3-5(6)8-2/h3-4H,6H2,1-2H3,(H,7,8);3-4H,1-2H3/b;4-3+/t4-;/m0./s1. The predicted octanol–water partition coefficient (Wildman–Crippen LogP) is 0.374. The fraction of sp³-hybridized carbons (Fsp3) is 0.600. The van der Waals surface area contributed by atoms with Crippen molar-refractivity contribution in [3.05, 3.63) is 12.3 Å². The second-order valence-corrected chi connectivity index (χ2v) is 3.17. The Hall–Kier alpha value is -1.56. The molecule has 0 aliphatic carbocycles. The molecule has 6 nitrogen and oxygen atoms in total. The maximum Gasteiger partial charge on any atom is 0.333 e. The molecular weight excluding hydrogens is 214 g/mol. The summed E-state index contributed by atoms with van der Waals surface area (Å²) in [6.07, 6.45) is 2.45. The summed E-state index contributed by atoms with van der Waals surface area (Å²) in [4.78, 5) is 20.2. The Morgan fingerprint density at radius 3 is 2.00 bits per heavy atom. The van der Waals surface area contributed by atoms with Crippen LogP contribution in [0.5, 0.6) is 0 Å². The molecule has 16 heavy (non-hydrogen) atoms. The average Bonchev–Trinajstić information content (AvgIpc) is 2.25. The summed E-state index contributed by atoms with van der Waals surface area (Å²) in [5, 5.41) is 8.23. The molecule has 0 fully saturated rings. The zero-order valence-corrected chi connectivity index (χ0v) is 9.97. The van der Waals surface area contributed by atoms with Crippen LogP contribution in [0, 0.1) is 5.92 Å². The maximum atomic E-state index is 10.2. The number of carbonyl (C=O) groups excluding carboxylic acids is 1. The van der Waals surface area contributed by atoms with Gasteiger partial charge in [-0.3, -0.25) is 4.79 Å². The first-order chi connectivity index (χ1) is 7.36. The van der Waals surface area contributed by atoms with Crippen molar-refractivity contribution < 1.29 is 24.2 Å². The van der Waals surface area contributed by atoms with E-state index in [0.717, 1.165) is 0 Å². The molecule has 0 unspecified atom stereocenters. The van der Waals surface area contributed by atoms with Crippen LogP contribution in [0.3, 0.4) is 0 Å². The van der Waals surface area contributed by atoms with Gasteiger partial charge in [-0.05, 0) is 5.92 Å². The number of carbonyl (C=O) groups is 2. The third kappa shape index (κ3) is 10.5. The summed E-state index contributed by atoms with van der Waals surface area (Å²) in [5.41, 5.74) is 5.16. The highest BCUT2D eigenvalue weighted by atomic mass is 16.5. The number of carboxylic acids is 1. The van der Waals surface area contributed by atoms with Crippen molar-refractivity contribution in [3.63, 3.8) is 0 Å². The lowest BCUT2D eigenvalue weighted by atomic mass is 10.1. The van der Waals surface area contributed by atoms with Gasteiger partial charge >= 0.3 is 11.9 Å². The zero-order chi connectivity index (χ0) is 13.1.